The van der Waals surface area contributed by atoms with E-state index in [2.05, 4.69) is 34.2 Å². The van der Waals surface area contributed by atoms with Crippen LogP contribution in [0.5, 0.6) is 5.75 Å². The van der Waals surface area contributed by atoms with Gasteiger partial charge in [-0.1, -0.05) is 60.2 Å². The van der Waals surface area contributed by atoms with Gasteiger partial charge in [-0.2, -0.15) is 0 Å². The topological polar surface area (TPSA) is 65.0 Å². The zero-order valence-corrected chi connectivity index (χ0v) is 20.7. The highest BCUT2D eigenvalue weighted by Gasteiger charge is 2.22. The predicted octanol–water partition coefficient (Wildman–Crippen LogP) is 3.98. The van der Waals surface area contributed by atoms with Crippen molar-refractivity contribution in [1.29, 1.82) is 0 Å². The standard InChI is InChI=1S/C28H31N3O3S/c1-21-11-13-23(14-12-21)29-28(35)31-17-15-30(16-18-31)19-24(32)20-34-26-10-6-5-9-25(26)27(33)22-7-3-2-4-8-22/h2-14,24,32H,15-20H2,1H3,(H,29,35)/t24-/m1/s1. The molecule has 0 bridgehead atoms. The van der Waals surface area contributed by atoms with Gasteiger partial charge < -0.3 is 20.1 Å². The van der Waals surface area contributed by atoms with Gasteiger partial charge in [-0.3, -0.25) is 9.69 Å². The molecule has 6 nitrogen and oxygen atoms in total. The van der Waals surface area contributed by atoms with Crippen molar-refractivity contribution in [2.75, 3.05) is 44.6 Å². The summed E-state index contributed by atoms with van der Waals surface area (Å²) in [5.74, 6) is 0.389. The minimum absolute atomic E-state index is 0.0953. The number of nitrogens with one attached hydrogen (secondary N) is 1. The van der Waals surface area contributed by atoms with Gasteiger partial charge in [0.15, 0.2) is 10.9 Å². The van der Waals surface area contributed by atoms with Gasteiger partial charge in [0.1, 0.15) is 18.5 Å². The molecule has 0 radical (unpaired) electrons. The number of β-amino-alcohol motifs (C(OH)–C–C–N with tert-alkyl or cyclic N) is 1. The van der Waals surface area contributed by atoms with E-state index in [9.17, 15) is 9.90 Å². The number of hydrogen-bond acceptors (Lipinski definition) is 5. The van der Waals surface area contributed by atoms with E-state index in [1.165, 1.54) is 5.56 Å². The highest BCUT2D eigenvalue weighted by atomic mass is 32.1. The molecule has 0 spiro atoms. The fraction of sp³-hybridized carbons (Fsp3) is 0.286. The first-order valence-corrected chi connectivity index (χ1v) is 12.2. The Kier molecular flexibility index (Phi) is 8.47. The van der Waals surface area contributed by atoms with Crippen LogP contribution in [0.3, 0.4) is 0 Å². The number of para-hydroxylation sites is 1. The van der Waals surface area contributed by atoms with Crippen molar-refractivity contribution in [3.05, 3.63) is 95.6 Å². The molecule has 0 saturated carbocycles. The summed E-state index contributed by atoms with van der Waals surface area (Å²) in [6, 6.07) is 24.5. The van der Waals surface area contributed by atoms with E-state index in [0.717, 1.165) is 37.0 Å². The third-order valence-corrected chi connectivity index (χ3v) is 6.39. The number of benzene rings is 3. The van der Waals surface area contributed by atoms with Crippen molar-refractivity contribution < 1.29 is 14.6 Å². The lowest BCUT2D eigenvalue weighted by molar-refractivity contribution is 0.0554. The van der Waals surface area contributed by atoms with Crippen LogP contribution in [0.25, 0.3) is 0 Å². The van der Waals surface area contributed by atoms with E-state index < -0.39 is 6.10 Å². The first-order chi connectivity index (χ1) is 17.0. The van der Waals surface area contributed by atoms with Crippen molar-refractivity contribution in [3.63, 3.8) is 0 Å². The normalized spacial score (nSPS) is 14.9. The molecule has 0 aromatic heterocycles. The molecule has 1 saturated heterocycles. The number of carbonyl (C=O) groups excluding carboxylic acids is 1. The Bertz CT molecular complexity index is 1130. The van der Waals surface area contributed by atoms with Gasteiger partial charge in [-0.05, 0) is 43.4 Å². The second-order valence-electron chi connectivity index (χ2n) is 8.74. The number of aryl methyl sites for hydroxylation is 1. The molecule has 1 heterocycles. The Labute approximate surface area is 212 Å². The molecule has 4 rings (SSSR count). The number of aliphatic hydroxyl groups is 1. The summed E-state index contributed by atoms with van der Waals surface area (Å²) in [6.07, 6.45) is -0.668. The number of anilines is 1. The molecule has 35 heavy (non-hydrogen) atoms. The summed E-state index contributed by atoms with van der Waals surface area (Å²) in [4.78, 5) is 17.2. The average molecular weight is 490 g/mol. The van der Waals surface area contributed by atoms with E-state index in [-0.39, 0.29) is 12.4 Å². The lowest BCUT2D eigenvalue weighted by atomic mass is 10.0. The maximum Gasteiger partial charge on any atom is 0.196 e. The number of thiocarbonyl (C=S) groups is 1. The molecule has 1 atom stereocenters. The van der Waals surface area contributed by atoms with Crippen molar-refractivity contribution in [1.82, 2.24) is 9.80 Å². The Hall–Kier alpha value is -3.26. The van der Waals surface area contributed by atoms with Gasteiger partial charge in [0.25, 0.3) is 0 Å². The van der Waals surface area contributed by atoms with Gasteiger partial charge in [-0.25, -0.2) is 0 Å². The molecule has 1 aliphatic rings. The molecule has 0 amide bonds. The van der Waals surface area contributed by atoms with Gasteiger partial charge in [0, 0.05) is 44.0 Å². The molecule has 3 aromatic carbocycles. The van der Waals surface area contributed by atoms with Crippen LogP contribution in [0.1, 0.15) is 21.5 Å². The fourth-order valence-electron chi connectivity index (χ4n) is 4.03. The molecule has 2 N–H and O–H groups in total. The van der Waals surface area contributed by atoms with Crippen LogP contribution in [-0.4, -0.2) is 71.2 Å². The van der Waals surface area contributed by atoms with Crippen molar-refractivity contribution in [2.45, 2.75) is 13.0 Å². The zero-order chi connectivity index (χ0) is 24.6. The number of rotatable bonds is 8. The number of ether oxygens (including phenoxy) is 1. The Morgan fingerprint density at radius 1 is 0.971 bits per heavy atom. The fourth-order valence-corrected chi connectivity index (χ4v) is 4.34. The predicted molar refractivity (Wildman–Crippen MR) is 143 cm³/mol. The van der Waals surface area contributed by atoms with Gasteiger partial charge in [0.2, 0.25) is 0 Å². The second-order valence-corrected chi connectivity index (χ2v) is 9.13. The highest BCUT2D eigenvalue weighted by molar-refractivity contribution is 7.80. The third kappa shape index (κ3) is 6.88. The van der Waals surface area contributed by atoms with Crippen LogP contribution in [0, 0.1) is 6.92 Å². The Morgan fingerprint density at radius 3 is 2.34 bits per heavy atom. The van der Waals surface area contributed by atoms with Crippen LogP contribution in [0.4, 0.5) is 5.69 Å². The lowest BCUT2D eigenvalue weighted by Gasteiger charge is -2.37. The average Bonchev–Trinajstić information content (AvgIpc) is 2.89. The molecule has 182 valence electrons. The summed E-state index contributed by atoms with van der Waals surface area (Å²) >= 11 is 5.58. The number of hydrogen-bond donors (Lipinski definition) is 2. The Balaban J connectivity index is 1.24. The molecular formula is C28H31N3O3S. The van der Waals surface area contributed by atoms with Gasteiger partial charge >= 0.3 is 0 Å². The summed E-state index contributed by atoms with van der Waals surface area (Å²) in [6.45, 7) is 5.86. The van der Waals surface area contributed by atoms with E-state index in [1.807, 2.05) is 42.5 Å². The Morgan fingerprint density at radius 2 is 1.63 bits per heavy atom. The van der Waals surface area contributed by atoms with E-state index in [1.54, 1.807) is 24.3 Å². The molecule has 7 heteroatoms. The molecular weight excluding hydrogens is 458 g/mol. The number of nitrogens with zero attached hydrogens (tertiary/aromatic N) is 2. The SMILES string of the molecule is Cc1ccc(NC(=S)N2CCN(C[C@@H](O)COc3ccccc3C(=O)c3ccccc3)CC2)cc1. The van der Waals surface area contributed by atoms with E-state index >= 15 is 0 Å². The first kappa shape index (κ1) is 24.9. The van der Waals surface area contributed by atoms with Crippen molar-refractivity contribution >= 4 is 28.8 Å². The van der Waals surface area contributed by atoms with Crippen LogP contribution >= 0.6 is 12.2 Å². The highest BCUT2D eigenvalue weighted by Crippen LogP contribution is 2.22. The summed E-state index contributed by atoms with van der Waals surface area (Å²) in [7, 11) is 0. The van der Waals surface area contributed by atoms with Crippen molar-refractivity contribution in [3.8, 4) is 5.75 Å². The van der Waals surface area contributed by atoms with E-state index in [0.29, 0.717) is 23.4 Å². The number of piperazine rings is 1. The monoisotopic (exact) mass is 489 g/mol. The van der Waals surface area contributed by atoms with Gasteiger partial charge in [0.05, 0.1) is 5.56 Å². The van der Waals surface area contributed by atoms with E-state index in [4.69, 9.17) is 17.0 Å². The summed E-state index contributed by atoms with van der Waals surface area (Å²) in [5, 5.41) is 14.6. The van der Waals surface area contributed by atoms with Crippen molar-refractivity contribution in [2.24, 2.45) is 0 Å². The third-order valence-electron chi connectivity index (χ3n) is 6.03. The second kappa shape index (κ2) is 11.9. The number of ketones is 1. The van der Waals surface area contributed by atoms with Crippen LogP contribution < -0.4 is 10.1 Å². The van der Waals surface area contributed by atoms with Gasteiger partial charge in [-0.15, -0.1) is 0 Å². The quantitative estimate of drug-likeness (QED) is 0.367. The molecule has 0 aliphatic carbocycles. The van der Waals surface area contributed by atoms with Crippen LogP contribution in [0.2, 0.25) is 0 Å². The molecule has 0 unspecified atom stereocenters. The maximum atomic E-state index is 12.9. The summed E-state index contributed by atoms with van der Waals surface area (Å²) < 4.78 is 5.88. The minimum atomic E-state index is -0.668. The summed E-state index contributed by atoms with van der Waals surface area (Å²) in [5.41, 5.74) is 3.30. The molecule has 1 fully saturated rings. The molecule has 3 aromatic rings. The van der Waals surface area contributed by atoms with Crippen LogP contribution in [-0.2, 0) is 0 Å². The number of aliphatic hydroxyl groups excluding tert-OH is 1. The first-order valence-electron chi connectivity index (χ1n) is 11.8. The van der Waals surface area contributed by atoms with Crippen LogP contribution in [0.15, 0.2) is 78.9 Å². The lowest BCUT2D eigenvalue weighted by Crippen LogP contribution is -2.51. The maximum absolute atomic E-state index is 12.9. The number of carbonyl (C=O) groups is 1. The molecule has 1 aliphatic heterocycles. The smallest absolute Gasteiger partial charge is 0.196 e. The zero-order valence-electron chi connectivity index (χ0n) is 19.9. The minimum Gasteiger partial charge on any atom is -0.490 e. The largest absolute Gasteiger partial charge is 0.490 e.